The van der Waals surface area contributed by atoms with Crippen molar-refractivity contribution in [3.05, 3.63) is 43.4 Å². The second-order valence-corrected chi connectivity index (χ2v) is 2.39. The number of allylic oxidation sites excluding steroid dienone is 4. The van der Waals surface area contributed by atoms with Crippen molar-refractivity contribution >= 4 is 0 Å². The molecule has 1 aliphatic heterocycles. The van der Waals surface area contributed by atoms with Crippen LogP contribution in [0, 0.1) is 6.67 Å². The van der Waals surface area contributed by atoms with E-state index < -0.39 is 0 Å². The molecule has 1 rings (SSSR count). The lowest BCUT2D eigenvalue weighted by atomic mass is 10.4. The van der Waals surface area contributed by atoms with Gasteiger partial charge in [0.1, 0.15) is 0 Å². The lowest BCUT2D eigenvalue weighted by molar-refractivity contribution is 0.382. The molecule has 0 aromatic heterocycles. The Morgan fingerprint density at radius 3 is 1.73 bits per heavy atom. The van der Waals surface area contributed by atoms with Crippen LogP contribution >= 0.6 is 0 Å². The van der Waals surface area contributed by atoms with Crippen LogP contribution in [-0.2, 0) is 0 Å². The van der Waals surface area contributed by atoms with Crippen molar-refractivity contribution in [2.75, 3.05) is 14.1 Å². The minimum Gasteiger partial charge on any atom is -0.351 e. The molecule has 0 saturated carbocycles. The zero-order chi connectivity index (χ0) is 8.10. The monoisotopic (exact) mass is 148 g/mol. The molecule has 0 saturated heterocycles. The summed E-state index contributed by atoms with van der Waals surface area (Å²) in [6.07, 6.45) is 11.8. The fraction of sp³-hybridized carbons (Fsp3) is 0.222. The Balaban J connectivity index is 2.64. The van der Waals surface area contributed by atoms with E-state index in [0.29, 0.717) is 0 Å². The average molecular weight is 148 g/mol. The Morgan fingerprint density at radius 2 is 1.27 bits per heavy atom. The highest BCUT2D eigenvalue weighted by Gasteiger charge is 1.96. The van der Waals surface area contributed by atoms with Gasteiger partial charge in [0.2, 0.25) is 6.67 Å². The highest BCUT2D eigenvalue weighted by molar-refractivity contribution is 5.12. The highest BCUT2D eigenvalue weighted by atomic mass is 15.3. The minimum atomic E-state index is 1.88. The van der Waals surface area contributed by atoms with Gasteiger partial charge in [-0.15, -0.1) is 0 Å². The largest absolute Gasteiger partial charge is 0.351 e. The molecule has 0 fully saturated rings. The normalized spacial score (nSPS) is 26.7. The van der Waals surface area contributed by atoms with E-state index in [1.54, 1.807) is 0 Å². The third-order valence-electron chi connectivity index (χ3n) is 1.27. The minimum absolute atomic E-state index is 1.88. The van der Waals surface area contributed by atoms with Crippen molar-refractivity contribution in [1.82, 2.24) is 9.80 Å². The van der Waals surface area contributed by atoms with Crippen molar-refractivity contribution in [2.24, 2.45) is 0 Å². The van der Waals surface area contributed by atoms with Gasteiger partial charge in [0.15, 0.2) is 0 Å². The maximum Gasteiger partial charge on any atom is 0.207 e. The molecule has 2 nitrogen and oxygen atoms in total. The molecular weight excluding hydrogens is 136 g/mol. The Bertz CT molecular complexity index is 172. The lowest BCUT2D eigenvalue weighted by Crippen LogP contribution is -2.18. The number of rotatable bonds is 0. The first-order chi connectivity index (χ1) is 5.29. The zero-order valence-electron chi connectivity index (χ0n) is 6.86. The van der Waals surface area contributed by atoms with Crippen LogP contribution in [-0.4, -0.2) is 23.9 Å². The first kappa shape index (κ1) is 7.92. The predicted molar refractivity (Wildman–Crippen MR) is 46.2 cm³/mol. The van der Waals surface area contributed by atoms with Crippen molar-refractivity contribution in [2.45, 2.75) is 0 Å². The maximum absolute atomic E-state index is 3.07. The van der Waals surface area contributed by atoms with Gasteiger partial charge in [0, 0.05) is 26.5 Å². The Labute approximate surface area is 68.1 Å². The van der Waals surface area contributed by atoms with Crippen molar-refractivity contribution < 1.29 is 0 Å². The molecule has 58 valence electrons. The topological polar surface area (TPSA) is 6.48 Å². The number of nitrogens with zero attached hydrogens (tertiary/aromatic N) is 2. The van der Waals surface area contributed by atoms with E-state index in [2.05, 4.69) is 6.67 Å². The standard InChI is InChI=1S/C9H12N2/c1-10-7-5-3-4-6-8-11(2)9-10/h3-8H,1-2H3/b4-3-,7-5-,8-6-. The Kier molecular flexibility index (Phi) is 2.78. The predicted octanol–water partition coefficient (Wildman–Crippen LogP) is 1.44. The third-order valence-corrected chi connectivity index (χ3v) is 1.27. The fourth-order valence-corrected chi connectivity index (χ4v) is 0.801. The summed E-state index contributed by atoms with van der Waals surface area (Å²) in [5.41, 5.74) is 0. The van der Waals surface area contributed by atoms with Crippen molar-refractivity contribution in [3.8, 4) is 0 Å². The summed E-state index contributed by atoms with van der Waals surface area (Å²) < 4.78 is 0. The molecular formula is C9H12N2. The van der Waals surface area contributed by atoms with Crippen LogP contribution in [0.3, 0.4) is 0 Å². The number of hydrogen-bond acceptors (Lipinski definition) is 2. The van der Waals surface area contributed by atoms with Crippen LogP contribution in [0.15, 0.2) is 36.7 Å². The van der Waals surface area contributed by atoms with Crippen LogP contribution in [0.2, 0.25) is 0 Å². The Hall–Kier alpha value is -1.18. The lowest BCUT2D eigenvalue weighted by Gasteiger charge is -2.17. The van der Waals surface area contributed by atoms with Crippen molar-refractivity contribution in [3.63, 3.8) is 0 Å². The van der Waals surface area contributed by atoms with E-state index in [0.717, 1.165) is 0 Å². The molecule has 1 aliphatic rings. The Morgan fingerprint density at radius 1 is 0.818 bits per heavy atom. The molecule has 0 spiro atoms. The van der Waals surface area contributed by atoms with Gasteiger partial charge in [0.05, 0.1) is 0 Å². The summed E-state index contributed by atoms with van der Waals surface area (Å²) >= 11 is 0. The second-order valence-electron chi connectivity index (χ2n) is 2.39. The summed E-state index contributed by atoms with van der Waals surface area (Å²) in [5.74, 6) is 0. The van der Waals surface area contributed by atoms with Gasteiger partial charge < -0.3 is 9.80 Å². The molecule has 0 aromatic carbocycles. The van der Waals surface area contributed by atoms with Crippen LogP contribution in [0.5, 0.6) is 0 Å². The molecule has 1 heterocycles. The highest BCUT2D eigenvalue weighted by Crippen LogP contribution is 1.98. The van der Waals surface area contributed by atoms with Gasteiger partial charge in [0.25, 0.3) is 0 Å². The molecule has 2 radical (unpaired) electrons. The summed E-state index contributed by atoms with van der Waals surface area (Å²) in [4.78, 5) is 3.75. The smallest absolute Gasteiger partial charge is 0.207 e. The van der Waals surface area contributed by atoms with E-state index in [1.165, 1.54) is 0 Å². The van der Waals surface area contributed by atoms with Gasteiger partial charge in [-0.2, -0.15) is 0 Å². The van der Waals surface area contributed by atoms with E-state index in [9.17, 15) is 0 Å². The molecule has 0 aromatic rings. The van der Waals surface area contributed by atoms with Gasteiger partial charge in [-0.1, -0.05) is 12.2 Å². The maximum atomic E-state index is 3.07. The first-order valence-electron chi connectivity index (χ1n) is 3.52. The molecule has 0 N–H and O–H groups in total. The summed E-state index contributed by atoms with van der Waals surface area (Å²) in [5, 5.41) is 0. The molecule has 0 aliphatic carbocycles. The third kappa shape index (κ3) is 2.94. The summed E-state index contributed by atoms with van der Waals surface area (Å²) in [6, 6.07) is 0. The van der Waals surface area contributed by atoms with Gasteiger partial charge in [-0.05, 0) is 12.2 Å². The van der Waals surface area contributed by atoms with Crippen LogP contribution < -0.4 is 0 Å². The zero-order valence-corrected chi connectivity index (χ0v) is 6.86. The van der Waals surface area contributed by atoms with E-state index >= 15 is 0 Å². The number of hydrogen-bond donors (Lipinski definition) is 0. The van der Waals surface area contributed by atoms with Crippen LogP contribution in [0.4, 0.5) is 0 Å². The van der Waals surface area contributed by atoms with E-state index in [1.807, 2.05) is 60.6 Å². The molecule has 2 heteroatoms. The molecule has 11 heavy (non-hydrogen) atoms. The first-order valence-corrected chi connectivity index (χ1v) is 3.52. The molecule has 0 unspecified atom stereocenters. The van der Waals surface area contributed by atoms with E-state index in [-0.39, 0.29) is 0 Å². The van der Waals surface area contributed by atoms with Crippen molar-refractivity contribution in [1.29, 1.82) is 0 Å². The quantitative estimate of drug-likeness (QED) is 0.513. The SMILES string of the molecule is CN1[C]N(C)\C=C/C=C\C=C/1. The van der Waals surface area contributed by atoms with Gasteiger partial charge in [-0.25, -0.2) is 0 Å². The van der Waals surface area contributed by atoms with Gasteiger partial charge in [-0.3, -0.25) is 0 Å². The average Bonchev–Trinajstić information content (AvgIpc) is 2.02. The van der Waals surface area contributed by atoms with Gasteiger partial charge >= 0.3 is 0 Å². The summed E-state index contributed by atoms with van der Waals surface area (Å²) in [7, 11) is 3.89. The molecule has 0 bridgehead atoms. The molecule has 0 amide bonds. The van der Waals surface area contributed by atoms with Crippen LogP contribution in [0.25, 0.3) is 0 Å². The summed E-state index contributed by atoms with van der Waals surface area (Å²) in [6.45, 7) is 3.07. The van der Waals surface area contributed by atoms with E-state index in [4.69, 9.17) is 0 Å². The fourth-order valence-electron chi connectivity index (χ4n) is 0.801. The second kappa shape index (κ2) is 3.86. The van der Waals surface area contributed by atoms with Crippen LogP contribution in [0.1, 0.15) is 0 Å². The molecule has 0 atom stereocenters.